The number of nitrogens with one attached hydrogen (secondary N) is 3. The van der Waals surface area contributed by atoms with E-state index in [1.165, 1.54) is 0 Å². The quantitative estimate of drug-likeness (QED) is 0.623. The molecule has 4 heteroatoms. The average Bonchev–Trinajstić information content (AvgIpc) is 2.18. The topological polar surface area (TPSA) is 53.2 Å². The third-order valence-electron chi connectivity index (χ3n) is 3.03. The van der Waals surface area contributed by atoms with Gasteiger partial charge in [0.05, 0.1) is 6.04 Å². The standard InChI is InChI=1S/C11H23N3O/c1-7(2)9(4)14-11(15)10-6-12-8(3)5-13-10/h7-10,12-13H,5-6H2,1-4H3,(H,14,15). The highest BCUT2D eigenvalue weighted by Gasteiger charge is 2.24. The molecule has 3 N–H and O–H groups in total. The molecule has 1 fully saturated rings. The molecule has 0 saturated carbocycles. The van der Waals surface area contributed by atoms with Crippen molar-refractivity contribution in [2.75, 3.05) is 13.1 Å². The number of carbonyl (C=O) groups is 1. The van der Waals surface area contributed by atoms with Crippen molar-refractivity contribution in [3.63, 3.8) is 0 Å². The van der Waals surface area contributed by atoms with Gasteiger partial charge in [0.25, 0.3) is 0 Å². The van der Waals surface area contributed by atoms with Crippen LogP contribution in [-0.4, -0.2) is 37.1 Å². The van der Waals surface area contributed by atoms with Gasteiger partial charge in [-0.2, -0.15) is 0 Å². The van der Waals surface area contributed by atoms with E-state index in [9.17, 15) is 4.79 Å². The largest absolute Gasteiger partial charge is 0.352 e. The fourth-order valence-corrected chi connectivity index (χ4v) is 1.46. The van der Waals surface area contributed by atoms with Crippen LogP contribution in [0, 0.1) is 5.92 Å². The summed E-state index contributed by atoms with van der Waals surface area (Å²) in [6.45, 7) is 9.95. The molecular weight excluding hydrogens is 190 g/mol. The minimum Gasteiger partial charge on any atom is -0.352 e. The van der Waals surface area contributed by atoms with Crippen molar-refractivity contribution in [3.05, 3.63) is 0 Å². The van der Waals surface area contributed by atoms with Crippen LogP contribution in [-0.2, 0) is 4.79 Å². The second kappa shape index (κ2) is 5.47. The maximum Gasteiger partial charge on any atom is 0.238 e. The van der Waals surface area contributed by atoms with Crippen LogP contribution in [0.1, 0.15) is 27.7 Å². The van der Waals surface area contributed by atoms with Crippen molar-refractivity contribution < 1.29 is 4.79 Å². The maximum atomic E-state index is 11.8. The molecule has 1 saturated heterocycles. The number of rotatable bonds is 3. The van der Waals surface area contributed by atoms with Gasteiger partial charge in [0, 0.05) is 25.2 Å². The van der Waals surface area contributed by atoms with Gasteiger partial charge >= 0.3 is 0 Å². The number of hydrogen-bond donors (Lipinski definition) is 3. The molecule has 0 aliphatic carbocycles. The molecule has 0 radical (unpaired) electrons. The highest BCUT2D eigenvalue weighted by Crippen LogP contribution is 2.01. The van der Waals surface area contributed by atoms with E-state index in [4.69, 9.17) is 0 Å². The number of carbonyl (C=O) groups excluding carboxylic acids is 1. The van der Waals surface area contributed by atoms with Gasteiger partial charge in [-0.25, -0.2) is 0 Å². The molecule has 4 nitrogen and oxygen atoms in total. The third-order valence-corrected chi connectivity index (χ3v) is 3.03. The van der Waals surface area contributed by atoms with E-state index in [-0.39, 0.29) is 18.0 Å². The van der Waals surface area contributed by atoms with Crippen molar-refractivity contribution >= 4 is 5.91 Å². The summed E-state index contributed by atoms with van der Waals surface area (Å²) < 4.78 is 0. The monoisotopic (exact) mass is 213 g/mol. The lowest BCUT2D eigenvalue weighted by Crippen LogP contribution is -2.60. The van der Waals surface area contributed by atoms with Gasteiger partial charge < -0.3 is 16.0 Å². The van der Waals surface area contributed by atoms with Gasteiger partial charge in [0.2, 0.25) is 5.91 Å². The average molecular weight is 213 g/mol. The van der Waals surface area contributed by atoms with E-state index in [2.05, 4.69) is 36.7 Å². The Morgan fingerprint density at radius 1 is 1.27 bits per heavy atom. The van der Waals surface area contributed by atoms with Crippen LogP contribution in [0.15, 0.2) is 0 Å². The highest BCUT2D eigenvalue weighted by atomic mass is 16.2. The van der Waals surface area contributed by atoms with Gasteiger partial charge in [-0.1, -0.05) is 13.8 Å². The van der Waals surface area contributed by atoms with E-state index >= 15 is 0 Å². The summed E-state index contributed by atoms with van der Waals surface area (Å²) in [5.41, 5.74) is 0. The van der Waals surface area contributed by atoms with Crippen LogP contribution in [0.2, 0.25) is 0 Å². The Bertz CT molecular complexity index is 210. The Morgan fingerprint density at radius 2 is 1.93 bits per heavy atom. The van der Waals surface area contributed by atoms with Crippen molar-refractivity contribution in [3.8, 4) is 0 Å². The first-order chi connectivity index (χ1) is 7.00. The summed E-state index contributed by atoms with van der Waals surface area (Å²) in [5.74, 6) is 0.583. The van der Waals surface area contributed by atoms with Crippen LogP contribution in [0.25, 0.3) is 0 Å². The fourth-order valence-electron chi connectivity index (χ4n) is 1.46. The van der Waals surface area contributed by atoms with Gasteiger partial charge in [0.1, 0.15) is 0 Å². The Kier molecular flexibility index (Phi) is 4.54. The number of piperazine rings is 1. The predicted octanol–water partition coefficient (Wildman–Crippen LogP) is 0.0970. The highest BCUT2D eigenvalue weighted by molar-refractivity contribution is 5.82. The first-order valence-electron chi connectivity index (χ1n) is 5.78. The van der Waals surface area contributed by atoms with Gasteiger partial charge in [-0.05, 0) is 19.8 Å². The van der Waals surface area contributed by atoms with Crippen LogP contribution in [0.5, 0.6) is 0 Å². The molecule has 88 valence electrons. The first kappa shape index (κ1) is 12.5. The zero-order valence-electron chi connectivity index (χ0n) is 10.1. The molecular formula is C11H23N3O. The third kappa shape index (κ3) is 3.80. The molecule has 0 aromatic carbocycles. The Labute approximate surface area is 92.2 Å². The number of amides is 1. The molecule has 1 rings (SSSR count). The molecule has 3 unspecified atom stereocenters. The second-order valence-corrected chi connectivity index (χ2v) is 4.81. The van der Waals surface area contributed by atoms with E-state index in [0.717, 1.165) is 13.1 Å². The van der Waals surface area contributed by atoms with E-state index < -0.39 is 0 Å². The lowest BCUT2D eigenvalue weighted by molar-refractivity contribution is -0.124. The molecule has 1 amide bonds. The predicted molar refractivity (Wildman–Crippen MR) is 61.7 cm³/mol. The zero-order valence-corrected chi connectivity index (χ0v) is 10.1. The Morgan fingerprint density at radius 3 is 2.40 bits per heavy atom. The molecule has 1 aliphatic rings. The van der Waals surface area contributed by atoms with Gasteiger partial charge in [0.15, 0.2) is 0 Å². The van der Waals surface area contributed by atoms with E-state index in [1.54, 1.807) is 0 Å². The molecule has 1 aliphatic heterocycles. The van der Waals surface area contributed by atoms with Crippen LogP contribution < -0.4 is 16.0 Å². The summed E-state index contributed by atoms with van der Waals surface area (Å²) in [6, 6.07) is 0.609. The molecule has 1 heterocycles. The Balaban J connectivity index is 2.34. The molecule has 15 heavy (non-hydrogen) atoms. The lowest BCUT2D eigenvalue weighted by Gasteiger charge is -2.29. The first-order valence-corrected chi connectivity index (χ1v) is 5.78. The van der Waals surface area contributed by atoms with Crippen molar-refractivity contribution in [1.82, 2.24) is 16.0 Å². The van der Waals surface area contributed by atoms with Crippen LogP contribution >= 0.6 is 0 Å². The van der Waals surface area contributed by atoms with Crippen molar-refractivity contribution in [2.24, 2.45) is 5.92 Å². The molecule has 0 aromatic rings. The Hall–Kier alpha value is -0.610. The zero-order chi connectivity index (χ0) is 11.4. The minimum absolute atomic E-state index is 0.0811. The minimum atomic E-state index is -0.0811. The molecule has 0 bridgehead atoms. The van der Waals surface area contributed by atoms with Crippen LogP contribution in [0.3, 0.4) is 0 Å². The molecule has 3 atom stereocenters. The second-order valence-electron chi connectivity index (χ2n) is 4.81. The summed E-state index contributed by atoms with van der Waals surface area (Å²) >= 11 is 0. The maximum absolute atomic E-state index is 11.8. The lowest BCUT2D eigenvalue weighted by atomic mass is 10.1. The molecule has 0 aromatic heterocycles. The fraction of sp³-hybridized carbons (Fsp3) is 0.909. The summed E-state index contributed by atoms with van der Waals surface area (Å²) in [6.07, 6.45) is 0. The summed E-state index contributed by atoms with van der Waals surface area (Å²) in [7, 11) is 0. The van der Waals surface area contributed by atoms with Crippen molar-refractivity contribution in [1.29, 1.82) is 0 Å². The smallest absolute Gasteiger partial charge is 0.238 e. The van der Waals surface area contributed by atoms with E-state index in [1.807, 2.05) is 6.92 Å². The normalized spacial score (nSPS) is 28.9. The molecule has 0 spiro atoms. The SMILES string of the molecule is CC1CNC(C(=O)NC(C)C(C)C)CN1. The van der Waals surface area contributed by atoms with Crippen LogP contribution in [0.4, 0.5) is 0 Å². The number of hydrogen-bond acceptors (Lipinski definition) is 3. The van der Waals surface area contributed by atoms with E-state index in [0.29, 0.717) is 12.0 Å². The van der Waals surface area contributed by atoms with Gasteiger partial charge in [-0.3, -0.25) is 4.79 Å². The summed E-state index contributed by atoms with van der Waals surface area (Å²) in [4.78, 5) is 11.8. The van der Waals surface area contributed by atoms with Gasteiger partial charge in [-0.15, -0.1) is 0 Å². The summed E-state index contributed by atoms with van der Waals surface area (Å²) in [5, 5.41) is 9.55. The van der Waals surface area contributed by atoms with Crippen molar-refractivity contribution in [2.45, 2.75) is 45.8 Å².